The van der Waals surface area contributed by atoms with Crippen LogP contribution in [-0.2, 0) is 0 Å². The number of halogens is 4. The second-order valence-electron chi connectivity index (χ2n) is 7.42. The molecule has 10 heteroatoms. The van der Waals surface area contributed by atoms with Gasteiger partial charge >= 0.3 is 6.18 Å². The number of hydrogen-bond acceptors (Lipinski definition) is 4. The molecular formula is C20H33F3IN5O. The topological polar surface area (TPSA) is 43.3 Å². The number of nitrogens with one attached hydrogen (secondary N) is 1. The number of likely N-dealkylation sites (N-methyl/N-ethyl adjacent to an activating group) is 1. The predicted octanol–water partition coefficient (Wildman–Crippen LogP) is 3.06. The van der Waals surface area contributed by atoms with Crippen molar-refractivity contribution < 1.29 is 17.9 Å². The van der Waals surface area contributed by atoms with E-state index in [2.05, 4.69) is 21.3 Å². The van der Waals surface area contributed by atoms with E-state index in [4.69, 9.17) is 4.74 Å². The molecule has 0 amide bonds. The highest BCUT2D eigenvalue weighted by molar-refractivity contribution is 14.0. The Morgan fingerprint density at radius 2 is 1.87 bits per heavy atom. The van der Waals surface area contributed by atoms with Crippen molar-refractivity contribution in [1.29, 1.82) is 0 Å². The molecule has 1 saturated heterocycles. The molecule has 30 heavy (non-hydrogen) atoms. The van der Waals surface area contributed by atoms with Crippen molar-refractivity contribution in [3.8, 4) is 5.75 Å². The molecule has 172 valence electrons. The molecule has 0 spiro atoms. The Morgan fingerprint density at radius 1 is 1.23 bits per heavy atom. The Labute approximate surface area is 194 Å². The van der Waals surface area contributed by atoms with Crippen molar-refractivity contribution >= 4 is 29.9 Å². The van der Waals surface area contributed by atoms with Gasteiger partial charge in [-0.15, -0.1) is 24.0 Å². The van der Waals surface area contributed by atoms with Crippen molar-refractivity contribution in [2.45, 2.75) is 25.2 Å². The number of hydrogen-bond donors (Lipinski definition) is 1. The zero-order valence-electron chi connectivity index (χ0n) is 18.2. The molecule has 2 atom stereocenters. The molecule has 2 rings (SSSR count). The molecule has 1 fully saturated rings. The minimum absolute atomic E-state index is 0. The zero-order chi connectivity index (χ0) is 21.6. The summed E-state index contributed by atoms with van der Waals surface area (Å²) in [6, 6.07) is 6.59. The molecule has 1 aliphatic rings. The fourth-order valence-corrected chi connectivity index (χ4v) is 3.50. The predicted molar refractivity (Wildman–Crippen MR) is 125 cm³/mol. The van der Waals surface area contributed by atoms with Crippen LogP contribution in [0.3, 0.4) is 0 Å². The number of alkyl halides is 3. The van der Waals surface area contributed by atoms with Crippen LogP contribution in [0.25, 0.3) is 0 Å². The average Bonchev–Trinajstić information content (AvgIpc) is 2.70. The van der Waals surface area contributed by atoms with E-state index in [0.29, 0.717) is 38.7 Å². The summed E-state index contributed by atoms with van der Waals surface area (Å²) in [7, 11) is 7.35. The summed E-state index contributed by atoms with van der Waals surface area (Å²) >= 11 is 0. The molecule has 0 aliphatic carbocycles. The third-order valence-electron chi connectivity index (χ3n) is 5.40. The van der Waals surface area contributed by atoms with Gasteiger partial charge in [0.15, 0.2) is 5.96 Å². The molecule has 1 heterocycles. The summed E-state index contributed by atoms with van der Waals surface area (Å²) in [6.45, 7) is 3.56. The molecule has 1 N–H and O–H groups in total. The Bertz CT molecular complexity index is 679. The van der Waals surface area contributed by atoms with Gasteiger partial charge in [0, 0.05) is 39.8 Å². The van der Waals surface area contributed by atoms with Crippen molar-refractivity contribution in [2.24, 2.45) is 4.99 Å². The Hall–Kier alpha value is -1.27. The number of benzene rings is 1. The third kappa shape index (κ3) is 7.16. The maximum absolute atomic E-state index is 13.0. The van der Waals surface area contributed by atoms with Crippen LogP contribution in [0.4, 0.5) is 13.2 Å². The second kappa shape index (κ2) is 11.9. The summed E-state index contributed by atoms with van der Waals surface area (Å²) in [6.07, 6.45) is -4.20. The average molecular weight is 543 g/mol. The minimum Gasteiger partial charge on any atom is -0.497 e. The normalized spacial score (nSPS) is 18.0. The van der Waals surface area contributed by atoms with Gasteiger partial charge in [0.25, 0.3) is 0 Å². The highest BCUT2D eigenvalue weighted by Crippen LogP contribution is 2.25. The molecule has 1 aromatic rings. The quantitative estimate of drug-likeness (QED) is 0.340. The zero-order valence-corrected chi connectivity index (χ0v) is 20.6. The van der Waals surface area contributed by atoms with E-state index in [1.54, 1.807) is 14.2 Å². The van der Waals surface area contributed by atoms with Crippen molar-refractivity contribution in [1.82, 2.24) is 20.0 Å². The monoisotopic (exact) mass is 543 g/mol. The van der Waals surface area contributed by atoms with Gasteiger partial charge in [0.05, 0.1) is 13.2 Å². The van der Waals surface area contributed by atoms with Crippen molar-refractivity contribution in [3.63, 3.8) is 0 Å². The minimum atomic E-state index is -4.20. The van der Waals surface area contributed by atoms with E-state index < -0.39 is 12.2 Å². The maximum Gasteiger partial charge on any atom is 0.403 e. The smallest absolute Gasteiger partial charge is 0.403 e. The van der Waals surface area contributed by atoms with Crippen LogP contribution in [0.5, 0.6) is 5.75 Å². The largest absolute Gasteiger partial charge is 0.497 e. The van der Waals surface area contributed by atoms with E-state index in [0.717, 1.165) is 11.3 Å². The lowest BCUT2D eigenvalue weighted by Gasteiger charge is -2.40. The molecule has 1 aliphatic heterocycles. The first-order valence-corrected chi connectivity index (χ1v) is 9.74. The van der Waals surface area contributed by atoms with Gasteiger partial charge in [0.1, 0.15) is 11.8 Å². The van der Waals surface area contributed by atoms with Gasteiger partial charge in [0.2, 0.25) is 0 Å². The summed E-state index contributed by atoms with van der Waals surface area (Å²) in [5.41, 5.74) is 1.11. The Morgan fingerprint density at radius 3 is 2.37 bits per heavy atom. The summed E-state index contributed by atoms with van der Waals surface area (Å²) in [4.78, 5) is 9.93. The number of rotatable bonds is 6. The number of piperazine rings is 1. The van der Waals surface area contributed by atoms with E-state index in [9.17, 15) is 13.2 Å². The second-order valence-corrected chi connectivity index (χ2v) is 7.42. The van der Waals surface area contributed by atoms with E-state index in [1.807, 2.05) is 37.2 Å². The van der Waals surface area contributed by atoms with Crippen LogP contribution in [0, 0.1) is 0 Å². The first-order valence-electron chi connectivity index (χ1n) is 9.74. The van der Waals surface area contributed by atoms with Gasteiger partial charge in [-0.3, -0.25) is 9.89 Å². The van der Waals surface area contributed by atoms with Crippen LogP contribution >= 0.6 is 24.0 Å². The van der Waals surface area contributed by atoms with Gasteiger partial charge in [-0.2, -0.15) is 13.2 Å². The fourth-order valence-electron chi connectivity index (χ4n) is 3.50. The Kier molecular flexibility index (Phi) is 10.7. The highest BCUT2D eigenvalue weighted by atomic mass is 127. The SMILES string of the molecule is CN=C(NCC(c1cccc(OC)c1)N(C)C)N1CCN(C(C)C(F)(F)F)CC1.I. The molecular weight excluding hydrogens is 510 g/mol. The van der Waals surface area contributed by atoms with Gasteiger partial charge in [-0.05, 0) is 38.7 Å². The van der Waals surface area contributed by atoms with Gasteiger partial charge < -0.3 is 19.9 Å². The molecule has 0 bridgehead atoms. The van der Waals surface area contributed by atoms with Crippen LogP contribution in [-0.4, -0.2) is 93.9 Å². The Balaban J connectivity index is 0.00000450. The van der Waals surface area contributed by atoms with Crippen LogP contribution in [0.15, 0.2) is 29.3 Å². The number of aliphatic imine (C=N–C) groups is 1. The first kappa shape index (κ1) is 26.8. The maximum atomic E-state index is 13.0. The van der Waals surface area contributed by atoms with E-state index >= 15 is 0 Å². The lowest BCUT2D eigenvalue weighted by atomic mass is 10.1. The standard InChI is InChI=1S/C20H32F3N5O.HI/c1-15(20(21,22)23)27-9-11-28(12-10-27)19(24-2)25-14-18(26(3)4)16-7-6-8-17(13-16)29-5;/h6-8,13,15,18H,9-12,14H2,1-5H3,(H,24,25);1H. The summed E-state index contributed by atoms with van der Waals surface area (Å²) in [5.74, 6) is 1.51. The first-order chi connectivity index (χ1) is 13.7. The van der Waals surface area contributed by atoms with Gasteiger partial charge in [-0.25, -0.2) is 0 Å². The van der Waals surface area contributed by atoms with Crippen molar-refractivity contribution in [2.75, 3.05) is 61.0 Å². The van der Waals surface area contributed by atoms with Gasteiger partial charge in [-0.1, -0.05) is 12.1 Å². The van der Waals surface area contributed by atoms with Crippen LogP contribution in [0.2, 0.25) is 0 Å². The number of guanidine groups is 1. The van der Waals surface area contributed by atoms with Crippen LogP contribution in [0.1, 0.15) is 18.5 Å². The molecule has 2 unspecified atom stereocenters. The third-order valence-corrected chi connectivity index (χ3v) is 5.40. The van der Waals surface area contributed by atoms with E-state index in [1.165, 1.54) is 11.8 Å². The molecule has 1 aromatic carbocycles. The number of methoxy groups -OCH3 is 1. The molecule has 6 nitrogen and oxygen atoms in total. The van der Waals surface area contributed by atoms with Crippen LogP contribution < -0.4 is 10.1 Å². The summed E-state index contributed by atoms with van der Waals surface area (Å²) < 4.78 is 44.2. The lowest BCUT2D eigenvalue weighted by molar-refractivity contribution is -0.181. The number of ether oxygens (including phenoxy) is 1. The lowest BCUT2D eigenvalue weighted by Crippen LogP contribution is -2.57. The molecule has 0 radical (unpaired) electrons. The number of nitrogens with zero attached hydrogens (tertiary/aromatic N) is 4. The van der Waals surface area contributed by atoms with Crippen molar-refractivity contribution in [3.05, 3.63) is 29.8 Å². The molecule has 0 aromatic heterocycles. The highest BCUT2D eigenvalue weighted by Gasteiger charge is 2.41. The van der Waals surface area contributed by atoms with E-state index in [-0.39, 0.29) is 30.0 Å². The summed E-state index contributed by atoms with van der Waals surface area (Å²) in [5, 5.41) is 3.38. The molecule has 0 saturated carbocycles. The fraction of sp³-hybridized carbons (Fsp3) is 0.650.